The summed E-state index contributed by atoms with van der Waals surface area (Å²) in [5.74, 6) is -0.456. The Kier molecular flexibility index (Phi) is 9.54. The molecule has 0 radical (unpaired) electrons. The van der Waals surface area contributed by atoms with Gasteiger partial charge < -0.3 is 10.2 Å². The van der Waals surface area contributed by atoms with E-state index in [0.29, 0.717) is 23.6 Å². The number of amides is 2. The van der Waals surface area contributed by atoms with Crippen molar-refractivity contribution in [3.8, 4) is 0 Å². The fourth-order valence-corrected chi connectivity index (χ4v) is 4.85. The summed E-state index contributed by atoms with van der Waals surface area (Å²) < 4.78 is 14.1. The highest BCUT2D eigenvalue weighted by Crippen LogP contribution is 2.25. The van der Waals surface area contributed by atoms with E-state index >= 15 is 0 Å². The zero-order chi connectivity index (χ0) is 24.5. The molecule has 0 unspecified atom stereocenters. The van der Waals surface area contributed by atoms with Crippen LogP contribution < -0.4 is 5.32 Å². The largest absolute Gasteiger partial charge is 0.357 e. The molecule has 2 amide bonds. The molecule has 7 heteroatoms. The van der Waals surface area contributed by atoms with Gasteiger partial charge in [0.05, 0.1) is 5.75 Å². The lowest BCUT2D eigenvalue weighted by atomic mass is 10.0. The maximum atomic E-state index is 14.1. The Hall–Kier alpha value is -2.83. The molecule has 3 rings (SSSR count). The average Bonchev–Trinajstić information content (AvgIpc) is 2.84. The highest BCUT2D eigenvalue weighted by Gasteiger charge is 2.29. The highest BCUT2D eigenvalue weighted by molar-refractivity contribution is 7.99. The molecule has 1 atom stereocenters. The molecule has 34 heavy (non-hydrogen) atoms. The summed E-state index contributed by atoms with van der Waals surface area (Å²) >= 11 is 7.41. The van der Waals surface area contributed by atoms with Crippen molar-refractivity contribution in [2.24, 2.45) is 0 Å². The van der Waals surface area contributed by atoms with Gasteiger partial charge in [0.1, 0.15) is 11.9 Å². The van der Waals surface area contributed by atoms with Gasteiger partial charge in [0.2, 0.25) is 11.8 Å². The molecule has 0 spiro atoms. The van der Waals surface area contributed by atoms with Crippen LogP contribution in [-0.2, 0) is 28.3 Å². The topological polar surface area (TPSA) is 49.4 Å². The predicted octanol–water partition coefficient (Wildman–Crippen LogP) is 5.41. The summed E-state index contributed by atoms with van der Waals surface area (Å²) in [5.41, 5.74) is 3.39. The van der Waals surface area contributed by atoms with Crippen LogP contribution in [0.3, 0.4) is 0 Å². The molecule has 0 aliphatic rings. The zero-order valence-electron chi connectivity index (χ0n) is 19.3. The smallest absolute Gasteiger partial charge is 0.242 e. The Morgan fingerprint density at radius 3 is 2.35 bits per heavy atom. The molecule has 0 fully saturated rings. The van der Waals surface area contributed by atoms with E-state index in [9.17, 15) is 14.0 Å². The monoisotopic (exact) mass is 498 g/mol. The minimum Gasteiger partial charge on any atom is -0.357 e. The third-order valence-electron chi connectivity index (χ3n) is 5.52. The fraction of sp³-hybridized carbons (Fsp3) is 0.259. The van der Waals surface area contributed by atoms with E-state index in [1.165, 1.54) is 17.8 Å². The maximum Gasteiger partial charge on any atom is 0.242 e. The molecule has 0 aliphatic carbocycles. The van der Waals surface area contributed by atoms with Gasteiger partial charge >= 0.3 is 0 Å². The molecule has 0 saturated carbocycles. The summed E-state index contributed by atoms with van der Waals surface area (Å²) in [6.07, 6.45) is 0.391. The second-order valence-corrected chi connectivity index (χ2v) is 9.41. The van der Waals surface area contributed by atoms with Crippen LogP contribution in [-0.4, -0.2) is 35.6 Å². The summed E-state index contributed by atoms with van der Waals surface area (Å²) in [5, 5.41) is 3.04. The lowest BCUT2D eigenvalue weighted by Crippen LogP contribution is -2.50. The first-order valence-electron chi connectivity index (χ1n) is 11.0. The number of nitrogens with zero attached hydrogens (tertiary/aromatic N) is 1. The number of nitrogens with one attached hydrogen (secondary N) is 1. The van der Waals surface area contributed by atoms with E-state index < -0.39 is 11.9 Å². The van der Waals surface area contributed by atoms with Gasteiger partial charge in [0.15, 0.2) is 0 Å². The number of thioether (sulfide) groups is 1. The molecule has 178 valence electrons. The van der Waals surface area contributed by atoms with Crippen LogP contribution in [0.5, 0.6) is 0 Å². The molecule has 0 saturated heterocycles. The van der Waals surface area contributed by atoms with Gasteiger partial charge in [-0.1, -0.05) is 77.8 Å². The summed E-state index contributed by atoms with van der Waals surface area (Å²) in [7, 11) is 1.57. The average molecular weight is 499 g/mol. The molecule has 3 aromatic carbocycles. The van der Waals surface area contributed by atoms with Crippen molar-refractivity contribution in [3.63, 3.8) is 0 Å². The Balaban J connectivity index is 1.82. The van der Waals surface area contributed by atoms with E-state index in [1.807, 2.05) is 61.5 Å². The fourth-order valence-electron chi connectivity index (χ4n) is 3.60. The molecular weight excluding hydrogens is 471 g/mol. The molecule has 1 N–H and O–H groups in total. The van der Waals surface area contributed by atoms with Crippen LogP contribution in [0, 0.1) is 12.7 Å². The Morgan fingerprint density at radius 1 is 1.00 bits per heavy atom. The van der Waals surface area contributed by atoms with Gasteiger partial charge in [-0.25, -0.2) is 4.39 Å². The van der Waals surface area contributed by atoms with Gasteiger partial charge in [-0.3, -0.25) is 9.59 Å². The van der Waals surface area contributed by atoms with Crippen LogP contribution >= 0.6 is 23.4 Å². The Labute approximate surface area is 209 Å². The first kappa shape index (κ1) is 25.8. The first-order chi connectivity index (χ1) is 16.4. The zero-order valence-corrected chi connectivity index (χ0v) is 20.8. The summed E-state index contributed by atoms with van der Waals surface area (Å²) in [4.78, 5) is 28.0. The van der Waals surface area contributed by atoms with Crippen molar-refractivity contribution in [1.82, 2.24) is 10.2 Å². The van der Waals surface area contributed by atoms with Crippen LogP contribution in [0.4, 0.5) is 4.39 Å². The molecule has 0 aromatic heterocycles. The quantitative estimate of drug-likeness (QED) is 0.407. The number of rotatable bonds is 10. The van der Waals surface area contributed by atoms with E-state index in [1.54, 1.807) is 24.1 Å². The number of aryl methyl sites for hydroxylation is 1. The van der Waals surface area contributed by atoms with Crippen molar-refractivity contribution in [1.29, 1.82) is 0 Å². The minimum atomic E-state index is -0.682. The van der Waals surface area contributed by atoms with E-state index in [-0.39, 0.29) is 23.3 Å². The number of benzene rings is 3. The number of carbonyl (C=O) groups excluding carboxylic acids is 2. The normalized spacial score (nSPS) is 11.6. The minimum absolute atomic E-state index is 0.0960. The predicted molar refractivity (Wildman–Crippen MR) is 137 cm³/mol. The van der Waals surface area contributed by atoms with Crippen LogP contribution in [0.15, 0.2) is 72.8 Å². The second-order valence-electron chi connectivity index (χ2n) is 8.02. The number of carbonyl (C=O) groups is 2. The highest BCUT2D eigenvalue weighted by atomic mass is 35.5. The summed E-state index contributed by atoms with van der Waals surface area (Å²) in [6.45, 7) is 2.30. The standard InChI is InChI=1S/C27H28ClFN2O2S/c1-19-11-13-21(14-12-19)16-31(25(27(33)30-2)15-20-7-4-3-5-8-20)26(32)18-34-17-22-23(28)9-6-10-24(22)29/h3-14,25H,15-18H2,1-2H3,(H,30,33)/t25-/m0/s1. The van der Waals surface area contributed by atoms with E-state index in [2.05, 4.69) is 5.32 Å². The van der Waals surface area contributed by atoms with E-state index in [4.69, 9.17) is 11.6 Å². The van der Waals surface area contributed by atoms with Gasteiger partial charge in [0.25, 0.3) is 0 Å². The number of hydrogen-bond acceptors (Lipinski definition) is 3. The first-order valence-corrected chi connectivity index (χ1v) is 12.5. The molecule has 0 bridgehead atoms. The third-order valence-corrected chi connectivity index (χ3v) is 6.82. The number of likely N-dealkylation sites (N-methyl/N-ethyl adjacent to an activating group) is 1. The Bertz CT molecular complexity index is 1090. The van der Waals surface area contributed by atoms with Crippen LogP contribution in [0.2, 0.25) is 5.02 Å². The van der Waals surface area contributed by atoms with Gasteiger partial charge in [0, 0.05) is 36.4 Å². The van der Waals surface area contributed by atoms with Crippen molar-refractivity contribution in [3.05, 3.63) is 106 Å². The number of halogens is 2. The van der Waals surface area contributed by atoms with Crippen molar-refractivity contribution < 1.29 is 14.0 Å². The van der Waals surface area contributed by atoms with Crippen LogP contribution in [0.1, 0.15) is 22.3 Å². The van der Waals surface area contributed by atoms with Crippen molar-refractivity contribution in [2.75, 3.05) is 12.8 Å². The lowest BCUT2D eigenvalue weighted by Gasteiger charge is -2.31. The molecular formula is C27H28ClFN2O2S. The third kappa shape index (κ3) is 7.08. The van der Waals surface area contributed by atoms with Crippen molar-refractivity contribution in [2.45, 2.75) is 31.7 Å². The van der Waals surface area contributed by atoms with Gasteiger partial charge in [-0.2, -0.15) is 0 Å². The lowest BCUT2D eigenvalue weighted by molar-refractivity contribution is -0.139. The molecule has 3 aromatic rings. The Morgan fingerprint density at radius 2 is 1.71 bits per heavy atom. The molecule has 0 aliphatic heterocycles. The maximum absolute atomic E-state index is 14.1. The van der Waals surface area contributed by atoms with E-state index in [0.717, 1.165) is 16.7 Å². The SMILES string of the molecule is CNC(=O)[C@H](Cc1ccccc1)N(Cc1ccc(C)cc1)C(=O)CSCc1c(F)cccc1Cl. The number of hydrogen-bond donors (Lipinski definition) is 1. The second kappa shape index (κ2) is 12.6. The van der Waals surface area contributed by atoms with Gasteiger partial charge in [-0.15, -0.1) is 11.8 Å². The van der Waals surface area contributed by atoms with Gasteiger partial charge in [-0.05, 0) is 30.2 Å². The summed E-state index contributed by atoms with van der Waals surface area (Å²) in [6, 6.07) is 21.4. The molecule has 4 nitrogen and oxygen atoms in total. The van der Waals surface area contributed by atoms with Crippen molar-refractivity contribution >= 4 is 35.2 Å². The molecule has 0 heterocycles. The van der Waals surface area contributed by atoms with Crippen LogP contribution in [0.25, 0.3) is 0 Å².